The number of aliphatic hydroxyl groups is 1. The average Bonchev–Trinajstić information content (AvgIpc) is 2.94. The molecule has 3 heterocycles. The molecule has 1 aliphatic heterocycles. The van der Waals surface area contributed by atoms with Crippen molar-refractivity contribution in [3.63, 3.8) is 0 Å². The average molecular weight is 303 g/mol. The lowest BCUT2D eigenvalue weighted by Gasteiger charge is -2.29. The summed E-state index contributed by atoms with van der Waals surface area (Å²) in [4.78, 5) is 16.7. The highest BCUT2D eigenvalue weighted by molar-refractivity contribution is 5.95. The molecule has 2 aromatic heterocycles. The lowest BCUT2D eigenvalue weighted by atomic mass is 9.92. The van der Waals surface area contributed by atoms with E-state index in [2.05, 4.69) is 10.3 Å². The molecule has 3 rings (SSSR count). The summed E-state index contributed by atoms with van der Waals surface area (Å²) >= 11 is 0. The van der Waals surface area contributed by atoms with Gasteiger partial charge in [-0.1, -0.05) is 0 Å². The fourth-order valence-corrected chi connectivity index (χ4v) is 2.93. The van der Waals surface area contributed by atoms with Gasteiger partial charge < -0.3 is 19.6 Å². The Kier molecular flexibility index (Phi) is 4.40. The van der Waals surface area contributed by atoms with Crippen molar-refractivity contribution in [3.05, 3.63) is 35.8 Å². The van der Waals surface area contributed by atoms with Gasteiger partial charge in [-0.25, -0.2) is 4.98 Å². The molecule has 1 aliphatic rings. The zero-order valence-corrected chi connectivity index (χ0v) is 12.7. The second-order valence-corrected chi connectivity index (χ2v) is 5.76. The number of hydrogen-bond acceptors (Lipinski definition) is 4. The van der Waals surface area contributed by atoms with Gasteiger partial charge in [-0.2, -0.15) is 0 Å². The predicted molar refractivity (Wildman–Crippen MR) is 81.8 cm³/mol. The number of nitrogens with one attached hydrogen (secondary N) is 1. The third-order valence-corrected chi connectivity index (χ3v) is 4.31. The summed E-state index contributed by atoms with van der Waals surface area (Å²) in [5, 5.41) is 12.5. The minimum Gasteiger partial charge on any atom is -0.394 e. The van der Waals surface area contributed by atoms with E-state index < -0.39 is 0 Å². The molecule has 0 bridgehead atoms. The molecule has 2 N–H and O–H groups in total. The monoisotopic (exact) mass is 303 g/mol. The number of imidazole rings is 1. The molecule has 6 nitrogen and oxygen atoms in total. The highest BCUT2D eigenvalue weighted by atomic mass is 16.5. The molecule has 0 aliphatic carbocycles. The van der Waals surface area contributed by atoms with Gasteiger partial charge in [-0.15, -0.1) is 0 Å². The van der Waals surface area contributed by atoms with E-state index in [0.717, 1.165) is 24.2 Å². The number of aliphatic hydroxyl groups excluding tert-OH is 1. The van der Waals surface area contributed by atoms with Crippen molar-refractivity contribution in [1.82, 2.24) is 14.7 Å². The first kappa shape index (κ1) is 15.0. The zero-order valence-electron chi connectivity index (χ0n) is 12.7. The van der Waals surface area contributed by atoms with Gasteiger partial charge in [0.25, 0.3) is 5.91 Å². The van der Waals surface area contributed by atoms with Crippen molar-refractivity contribution in [2.45, 2.75) is 25.8 Å². The molecule has 6 heteroatoms. The highest BCUT2D eigenvalue weighted by Crippen LogP contribution is 2.19. The van der Waals surface area contributed by atoms with E-state index in [1.165, 1.54) is 0 Å². The van der Waals surface area contributed by atoms with Gasteiger partial charge >= 0.3 is 0 Å². The van der Waals surface area contributed by atoms with Crippen LogP contribution in [0.15, 0.2) is 24.5 Å². The SMILES string of the molecule is Cc1cnc2cc(C(=O)NC(CO)C3CCOCC3)ccn12. The molecule has 0 aromatic carbocycles. The summed E-state index contributed by atoms with van der Waals surface area (Å²) in [5.74, 6) is 0.0915. The number of pyridine rings is 1. The lowest BCUT2D eigenvalue weighted by Crippen LogP contribution is -2.44. The van der Waals surface area contributed by atoms with Gasteiger partial charge in [-0.05, 0) is 37.8 Å². The van der Waals surface area contributed by atoms with E-state index in [9.17, 15) is 9.90 Å². The Bertz CT molecular complexity index is 662. The van der Waals surface area contributed by atoms with Gasteiger partial charge in [-0.3, -0.25) is 4.79 Å². The van der Waals surface area contributed by atoms with Crippen molar-refractivity contribution in [2.75, 3.05) is 19.8 Å². The van der Waals surface area contributed by atoms with Crippen molar-refractivity contribution >= 4 is 11.6 Å². The molecule has 1 atom stereocenters. The lowest BCUT2D eigenvalue weighted by molar-refractivity contribution is 0.0420. The van der Waals surface area contributed by atoms with Crippen LogP contribution in [0.2, 0.25) is 0 Å². The summed E-state index contributed by atoms with van der Waals surface area (Å²) in [5.41, 5.74) is 2.33. The van der Waals surface area contributed by atoms with Crippen LogP contribution >= 0.6 is 0 Å². The van der Waals surface area contributed by atoms with Gasteiger partial charge in [0.05, 0.1) is 12.6 Å². The number of aromatic nitrogens is 2. The minimum absolute atomic E-state index is 0.0544. The van der Waals surface area contributed by atoms with E-state index in [-0.39, 0.29) is 24.5 Å². The van der Waals surface area contributed by atoms with Crippen LogP contribution in [0.4, 0.5) is 0 Å². The topological polar surface area (TPSA) is 75.9 Å². The first-order chi connectivity index (χ1) is 10.7. The number of aryl methyl sites for hydroxylation is 1. The molecule has 1 fully saturated rings. The first-order valence-corrected chi connectivity index (χ1v) is 7.62. The zero-order chi connectivity index (χ0) is 15.5. The van der Waals surface area contributed by atoms with Crippen LogP contribution in [-0.4, -0.2) is 46.3 Å². The fraction of sp³-hybridized carbons (Fsp3) is 0.500. The second-order valence-electron chi connectivity index (χ2n) is 5.76. The summed E-state index contributed by atoms with van der Waals surface area (Å²) in [6, 6.07) is 3.31. The molecular weight excluding hydrogens is 282 g/mol. The van der Waals surface area contributed by atoms with Crippen LogP contribution in [0.1, 0.15) is 28.9 Å². The summed E-state index contributed by atoms with van der Waals surface area (Å²) in [6.07, 6.45) is 5.35. The number of rotatable bonds is 4. The maximum absolute atomic E-state index is 12.4. The Balaban J connectivity index is 1.73. The minimum atomic E-state index is -0.228. The molecular formula is C16H21N3O3. The largest absolute Gasteiger partial charge is 0.394 e. The van der Waals surface area contributed by atoms with Gasteiger partial charge in [0, 0.05) is 36.9 Å². The predicted octanol–water partition coefficient (Wildman–Crippen LogP) is 1.16. The van der Waals surface area contributed by atoms with Crippen LogP contribution < -0.4 is 5.32 Å². The maximum atomic E-state index is 12.4. The quantitative estimate of drug-likeness (QED) is 0.889. The van der Waals surface area contributed by atoms with Crippen molar-refractivity contribution < 1.29 is 14.6 Å². The number of fused-ring (bicyclic) bond motifs is 1. The van der Waals surface area contributed by atoms with Crippen molar-refractivity contribution in [3.8, 4) is 0 Å². The Morgan fingerprint density at radius 1 is 1.55 bits per heavy atom. The van der Waals surface area contributed by atoms with Crippen molar-refractivity contribution in [1.29, 1.82) is 0 Å². The van der Waals surface area contributed by atoms with E-state index in [0.29, 0.717) is 18.8 Å². The molecule has 118 valence electrons. The van der Waals surface area contributed by atoms with Gasteiger partial charge in [0.15, 0.2) is 0 Å². The number of hydrogen-bond donors (Lipinski definition) is 2. The molecule has 0 saturated carbocycles. The van der Waals surface area contributed by atoms with Crippen LogP contribution in [0, 0.1) is 12.8 Å². The molecule has 1 unspecified atom stereocenters. The Labute approximate surface area is 129 Å². The molecule has 22 heavy (non-hydrogen) atoms. The third-order valence-electron chi connectivity index (χ3n) is 4.31. The summed E-state index contributed by atoms with van der Waals surface area (Å²) in [6.45, 7) is 3.29. The Morgan fingerprint density at radius 3 is 3.05 bits per heavy atom. The van der Waals surface area contributed by atoms with E-state index >= 15 is 0 Å². The van der Waals surface area contributed by atoms with Crippen LogP contribution in [-0.2, 0) is 4.74 Å². The van der Waals surface area contributed by atoms with Gasteiger partial charge in [0.2, 0.25) is 0 Å². The van der Waals surface area contributed by atoms with E-state index in [4.69, 9.17) is 4.74 Å². The second kappa shape index (κ2) is 6.46. The number of carbonyl (C=O) groups excluding carboxylic acids is 1. The van der Waals surface area contributed by atoms with Crippen LogP contribution in [0.5, 0.6) is 0 Å². The van der Waals surface area contributed by atoms with Gasteiger partial charge in [0.1, 0.15) is 5.65 Å². The maximum Gasteiger partial charge on any atom is 0.251 e. The standard InChI is InChI=1S/C16H21N3O3/c1-11-9-17-15-8-13(2-5-19(11)15)16(21)18-14(10-20)12-3-6-22-7-4-12/h2,5,8-9,12,14,20H,3-4,6-7,10H2,1H3,(H,18,21). The van der Waals surface area contributed by atoms with E-state index in [1.54, 1.807) is 18.3 Å². The van der Waals surface area contributed by atoms with Crippen molar-refractivity contribution in [2.24, 2.45) is 5.92 Å². The molecule has 1 saturated heterocycles. The third kappa shape index (κ3) is 2.98. The number of nitrogens with zero attached hydrogens (tertiary/aromatic N) is 2. The normalized spacial score (nSPS) is 17.5. The number of ether oxygens (including phenoxy) is 1. The Hall–Kier alpha value is -1.92. The molecule has 0 radical (unpaired) electrons. The van der Waals surface area contributed by atoms with E-state index in [1.807, 2.05) is 17.5 Å². The molecule has 1 amide bonds. The highest BCUT2D eigenvalue weighted by Gasteiger charge is 2.25. The number of amides is 1. The molecule has 0 spiro atoms. The summed E-state index contributed by atoms with van der Waals surface area (Å²) < 4.78 is 7.26. The van der Waals surface area contributed by atoms with Crippen LogP contribution in [0.3, 0.4) is 0 Å². The number of carbonyl (C=O) groups is 1. The summed E-state index contributed by atoms with van der Waals surface area (Å²) in [7, 11) is 0. The smallest absolute Gasteiger partial charge is 0.251 e. The van der Waals surface area contributed by atoms with Crippen LogP contribution in [0.25, 0.3) is 5.65 Å². The first-order valence-electron chi connectivity index (χ1n) is 7.62. The fourth-order valence-electron chi connectivity index (χ4n) is 2.93. The Morgan fingerprint density at radius 2 is 2.32 bits per heavy atom. The molecule has 2 aromatic rings.